The summed E-state index contributed by atoms with van der Waals surface area (Å²) in [6, 6.07) is 11.3. The molecule has 0 radical (unpaired) electrons. The first-order valence-electron chi connectivity index (χ1n) is 10.4. The normalized spacial score (nSPS) is 20.8. The van der Waals surface area contributed by atoms with E-state index in [2.05, 4.69) is 4.98 Å². The van der Waals surface area contributed by atoms with Gasteiger partial charge in [-0.2, -0.15) is 0 Å². The number of rotatable bonds is 4. The molecule has 2 aliphatic carbocycles. The molecule has 31 heavy (non-hydrogen) atoms. The Morgan fingerprint density at radius 2 is 2.06 bits per heavy atom. The third-order valence-electron chi connectivity index (χ3n) is 6.67. The maximum Gasteiger partial charge on any atom is 0.279 e. The number of benzene rings is 2. The number of carbonyl (C=O) groups excluding carboxylic acids is 1. The van der Waals surface area contributed by atoms with Crippen LogP contribution in [-0.4, -0.2) is 15.9 Å². The minimum absolute atomic E-state index is 0.00905. The molecule has 2 bridgehead atoms. The van der Waals surface area contributed by atoms with Crippen molar-refractivity contribution in [3.8, 4) is 10.9 Å². The summed E-state index contributed by atoms with van der Waals surface area (Å²) >= 11 is 7.50. The largest absolute Gasteiger partial charge is 0.507 e. The standard InChI is InChI=1S/C25H22ClNO3S/c1-4-14-5-7-16(30-24-27-19-11-15(26)6-8-20(19)31-24)12-18(14)21-22(28)17-9-10-25(3,13(17)2)23(21)29/h5-8,11-12,28H,4,9-10H2,1-3H3/t25-/m0/s1. The maximum absolute atomic E-state index is 13.5. The molecule has 1 atom stereocenters. The van der Waals surface area contributed by atoms with E-state index in [0.717, 1.165) is 51.8 Å². The fourth-order valence-corrected chi connectivity index (χ4v) is 5.61. The molecule has 0 aliphatic heterocycles. The van der Waals surface area contributed by atoms with Gasteiger partial charge in [-0.15, -0.1) is 0 Å². The predicted octanol–water partition coefficient (Wildman–Crippen LogP) is 7.27. The Morgan fingerprint density at radius 1 is 1.26 bits per heavy atom. The highest BCUT2D eigenvalue weighted by molar-refractivity contribution is 7.20. The van der Waals surface area contributed by atoms with Crippen LogP contribution in [0, 0.1) is 5.41 Å². The van der Waals surface area contributed by atoms with Crippen LogP contribution in [0.5, 0.6) is 10.9 Å². The first-order valence-corrected chi connectivity index (χ1v) is 11.6. The first kappa shape index (κ1) is 20.3. The van der Waals surface area contributed by atoms with Crippen LogP contribution in [0.1, 0.15) is 44.7 Å². The van der Waals surface area contributed by atoms with Crippen LogP contribution in [0.15, 0.2) is 53.3 Å². The summed E-state index contributed by atoms with van der Waals surface area (Å²) in [5.74, 6) is 0.698. The summed E-state index contributed by atoms with van der Waals surface area (Å²) in [6.07, 6.45) is 2.22. The van der Waals surface area contributed by atoms with E-state index < -0.39 is 5.41 Å². The number of hydrogen-bond donors (Lipinski definition) is 1. The first-order chi connectivity index (χ1) is 14.8. The van der Waals surface area contributed by atoms with Crippen LogP contribution >= 0.6 is 22.9 Å². The average molecular weight is 452 g/mol. The Morgan fingerprint density at radius 3 is 2.84 bits per heavy atom. The van der Waals surface area contributed by atoms with Gasteiger partial charge in [0.05, 0.1) is 21.2 Å². The van der Waals surface area contributed by atoms with Gasteiger partial charge in [0, 0.05) is 5.02 Å². The number of Topliss-reactive ketones (excluding diaryl/α,β-unsaturated/α-hetero) is 1. The van der Waals surface area contributed by atoms with Crippen molar-refractivity contribution < 1.29 is 14.6 Å². The Balaban J connectivity index is 1.58. The monoisotopic (exact) mass is 451 g/mol. The molecule has 1 aromatic heterocycles. The van der Waals surface area contributed by atoms with E-state index in [0.29, 0.717) is 21.5 Å². The van der Waals surface area contributed by atoms with E-state index in [-0.39, 0.29) is 11.5 Å². The van der Waals surface area contributed by atoms with Gasteiger partial charge in [-0.05, 0) is 80.1 Å². The molecule has 0 saturated heterocycles. The number of thiazole rings is 1. The average Bonchev–Trinajstić information content (AvgIpc) is 3.25. The lowest BCUT2D eigenvalue weighted by Crippen LogP contribution is -2.30. The fraction of sp³-hybridized carbons (Fsp3) is 0.280. The van der Waals surface area contributed by atoms with E-state index in [1.807, 2.05) is 57.2 Å². The summed E-state index contributed by atoms with van der Waals surface area (Å²) in [5.41, 5.74) is 4.31. The lowest BCUT2D eigenvalue weighted by molar-refractivity contribution is -0.120. The molecule has 5 rings (SSSR count). The lowest BCUT2D eigenvalue weighted by atomic mass is 9.72. The zero-order valence-corrected chi connectivity index (χ0v) is 19.2. The summed E-state index contributed by atoms with van der Waals surface area (Å²) in [7, 11) is 0. The Labute approximate surface area is 189 Å². The molecule has 2 aromatic carbocycles. The second kappa shape index (κ2) is 7.21. The number of aryl methyl sites for hydroxylation is 1. The van der Waals surface area contributed by atoms with E-state index in [1.54, 1.807) is 0 Å². The molecule has 1 N–H and O–H groups in total. The maximum atomic E-state index is 13.5. The van der Waals surface area contributed by atoms with Crippen molar-refractivity contribution in [1.29, 1.82) is 0 Å². The molecule has 4 nitrogen and oxygen atoms in total. The van der Waals surface area contributed by atoms with Crippen LogP contribution in [0.4, 0.5) is 0 Å². The zero-order valence-electron chi connectivity index (χ0n) is 17.6. The van der Waals surface area contributed by atoms with Crippen LogP contribution in [0.25, 0.3) is 15.8 Å². The number of carbonyl (C=O) groups is 1. The molecule has 158 valence electrons. The summed E-state index contributed by atoms with van der Waals surface area (Å²) in [5, 5.41) is 12.2. The third-order valence-corrected chi connectivity index (χ3v) is 7.82. The van der Waals surface area contributed by atoms with Crippen LogP contribution in [0.3, 0.4) is 0 Å². The number of ether oxygens (including phenoxy) is 1. The van der Waals surface area contributed by atoms with Gasteiger partial charge in [0.1, 0.15) is 11.5 Å². The highest BCUT2D eigenvalue weighted by atomic mass is 35.5. The minimum atomic E-state index is -0.537. The van der Waals surface area contributed by atoms with Crippen molar-refractivity contribution in [3.05, 3.63) is 69.5 Å². The van der Waals surface area contributed by atoms with Crippen molar-refractivity contribution in [2.45, 2.75) is 40.0 Å². The van der Waals surface area contributed by atoms with Gasteiger partial charge in [0.25, 0.3) is 5.19 Å². The van der Waals surface area contributed by atoms with Crippen molar-refractivity contribution >= 4 is 44.5 Å². The molecule has 3 aromatic rings. The summed E-state index contributed by atoms with van der Waals surface area (Å²) < 4.78 is 7.04. The van der Waals surface area contributed by atoms with Gasteiger partial charge in [-0.25, -0.2) is 4.98 Å². The quantitative estimate of drug-likeness (QED) is 0.453. The van der Waals surface area contributed by atoms with Gasteiger partial charge in [0.2, 0.25) is 0 Å². The third kappa shape index (κ3) is 3.10. The number of aromatic nitrogens is 1. The number of hydrogen-bond acceptors (Lipinski definition) is 5. The SMILES string of the molecule is CCc1ccc(Oc2nc3cc(Cl)ccc3s2)cc1C1=C(O)C2=C(C)[C@](C)(CC2)C1=O. The number of fused-ring (bicyclic) bond motifs is 2. The van der Waals surface area contributed by atoms with Crippen molar-refractivity contribution in [2.75, 3.05) is 0 Å². The lowest BCUT2D eigenvalue weighted by Gasteiger charge is -2.30. The van der Waals surface area contributed by atoms with Crippen molar-refractivity contribution in [3.63, 3.8) is 0 Å². The molecule has 6 heteroatoms. The fourth-order valence-electron chi connectivity index (χ4n) is 4.63. The van der Waals surface area contributed by atoms with E-state index in [9.17, 15) is 9.90 Å². The molecule has 0 spiro atoms. The second-order valence-electron chi connectivity index (χ2n) is 8.35. The number of ketones is 1. The molecule has 0 saturated carbocycles. The molecular weight excluding hydrogens is 430 g/mol. The Hall–Kier alpha value is -2.63. The smallest absolute Gasteiger partial charge is 0.279 e. The molecule has 0 fully saturated rings. The highest BCUT2D eigenvalue weighted by Crippen LogP contribution is 2.53. The molecule has 0 unspecified atom stereocenters. The summed E-state index contributed by atoms with van der Waals surface area (Å²) in [6.45, 7) is 6.00. The van der Waals surface area contributed by atoms with Crippen molar-refractivity contribution in [2.24, 2.45) is 5.41 Å². The van der Waals surface area contributed by atoms with Gasteiger partial charge in [0.15, 0.2) is 5.78 Å². The number of aliphatic hydroxyl groups is 1. The number of halogens is 1. The molecule has 0 amide bonds. The zero-order chi connectivity index (χ0) is 21.9. The topological polar surface area (TPSA) is 59.4 Å². The van der Waals surface area contributed by atoms with Gasteiger partial charge in [-0.3, -0.25) is 4.79 Å². The van der Waals surface area contributed by atoms with E-state index in [1.165, 1.54) is 11.3 Å². The van der Waals surface area contributed by atoms with E-state index in [4.69, 9.17) is 16.3 Å². The van der Waals surface area contributed by atoms with Crippen molar-refractivity contribution in [1.82, 2.24) is 4.98 Å². The molecule has 2 aliphatic rings. The Kier molecular flexibility index (Phi) is 4.72. The van der Waals surface area contributed by atoms with Gasteiger partial charge < -0.3 is 9.84 Å². The molecule has 1 heterocycles. The van der Waals surface area contributed by atoms with E-state index >= 15 is 0 Å². The van der Waals surface area contributed by atoms with Crippen LogP contribution in [0.2, 0.25) is 5.02 Å². The van der Waals surface area contributed by atoms with Gasteiger partial charge in [-0.1, -0.05) is 41.5 Å². The minimum Gasteiger partial charge on any atom is -0.507 e. The number of allylic oxidation sites excluding steroid dienone is 3. The predicted molar refractivity (Wildman–Crippen MR) is 125 cm³/mol. The van der Waals surface area contributed by atoms with Gasteiger partial charge >= 0.3 is 0 Å². The highest BCUT2D eigenvalue weighted by Gasteiger charge is 2.48. The second-order valence-corrected chi connectivity index (χ2v) is 9.78. The number of nitrogens with zero attached hydrogens (tertiary/aromatic N) is 1. The summed E-state index contributed by atoms with van der Waals surface area (Å²) in [4.78, 5) is 18.0. The van der Waals surface area contributed by atoms with Crippen LogP contribution < -0.4 is 4.74 Å². The van der Waals surface area contributed by atoms with Crippen LogP contribution in [-0.2, 0) is 11.2 Å². The number of aliphatic hydroxyl groups excluding tert-OH is 1. The molecular formula is C25H22ClNO3S. The Bertz CT molecular complexity index is 1320.